The van der Waals surface area contributed by atoms with E-state index in [1.54, 1.807) is 10.9 Å². The van der Waals surface area contributed by atoms with Crippen molar-refractivity contribution in [2.75, 3.05) is 0 Å². The molecule has 4 atom stereocenters. The quantitative estimate of drug-likeness (QED) is 0.201. The largest absolute Gasteiger partial charge is 0.313 e. The molecule has 3 heteroatoms. The van der Waals surface area contributed by atoms with Gasteiger partial charge in [0.25, 0.3) is 0 Å². The van der Waals surface area contributed by atoms with Crippen LogP contribution >= 0.6 is 15.1 Å². The fraction of sp³-hybridized carbons (Fsp3) is 0.263. The molecule has 2 saturated carbocycles. The molecule has 4 aromatic rings. The summed E-state index contributed by atoms with van der Waals surface area (Å²) in [5.41, 5.74) is 5.73. The lowest BCUT2D eigenvalue weighted by Gasteiger charge is -2.36. The normalized spacial score (nSPS) is 24.4. The Morgan fingerprint density at radius 2 is 1.27 bits per heavy atom. The van der Waals surface area contributed by atoms with Crippen molar-refractivity contribution in [3.63, 3.8) is 0 Å². The maximum absolute atomic E-state index is 16.4. The lowest BCUT2D eigenvalue weighted by molar-refractivity contribution is 0.565. The van der Waals surface area contributed by atoms with E-state index >= 15 is 4.57 Å². The summed E-state index contributed by atoms with van der Waals surface area (Å²) in [7, 11) is -3.69. The van der Waals surface area contributed by atoms with E-state index in [1.165, 1.54) is 46.6 Å². The van der Waals surface area contributed by atoms with Crippen LogP contribution in [0.15, 0.2) is 138 Å². The number of rotatable bonds is 7. The average Bonchev–Trinajstić information content (AvgIpc) is 3.78. The maximum atomic E-state index is 16.4. The minimum absolute atomic E-state index is 0.0562. The predicted molar refractivity (Wildman–Crippen MR) is 177 cm³/mol. The van der Waals surface area contributed by atoms with E-state index in [0.29, 0.717) is 5.92 Å². The lowest BCUT2D eigenvalue weighted by Crippen LogP contribution is -2.25. The summed E-state index contributed by atoms with van der Waals surface area (Å²) in [6.07, 6.45) is 9.24. The first kappa shape index (κ1) is 26.9. The zero-order valence-corrected chi connectivity index (χ0v) is 25.5. The van der Waals surface area contributed by atoms with Crippen molar-refractivity contribution in [2.24, 2.45) is 5.92 Å². The Kier molecular flexibility index (Phi) is 7.69. The van der Waals surface area contributed by atoms with Gasteiger partial charge >= 0.3 is 0 Å². The van der Waals surface area contributed by atoms with Crippen LogP contribution in [-0.2, 0) is 10.7 Å². The lowest BCUT2D eigenvalue weighted by atomic mass is 9.95. The Hall–Kier alpha value is -2.98. The predicted octanol–water partition coefficient (Wildman–Crippen LogP) is 10.1. The van der Waals surface area contributed by atoms with Crippen molar-refractivity contribution >= 4 is 31.0 Å². The van der Waals surface area contributed by atoms with Crippen molar-refractivity contribution < 1.29 is 4.57 Å². The molecule has 2 fully saturated rings. The molecule has 1 aliphatic heterocycles. The summed E-state index contributed by atoms with van der Waals surface area (Å²) >= 11 is 0. The number of hydrogen-bond acceptors (Lipinski definition) is 1. The van der Waals surface area contributed by atoms with Crippen LogP contribution < -0.4 is 10.6 Å². The van der Waals surface area contributed by atoms with Crippen molar-refractivity contribution in [3.8, 4) is 0 Å². The van der Waals surface area contributed by atoms with Crippen LogP contribution in [0.3, 0.4) is 0 Å². The number of allylic oxidation sites excluding steroid dienone is 3. The molecule has 0 N–H and O–H groups in total. The molecule has 206 valence electrons. The van der Waals surface area contributed by atoms with Crippen LogP contribution in [0.2, 0.25) is 0 Å². The SMILES string of the molecule is O=P1(c2ccccc2)C(c2ccccc2)=C2CCCC2C1C(=C1CCCC1)P(Cc1ccccc1)c1ccccc1. The van der Waals surface area contributed by atoms with E-state index in [-0.39, 0.29) is 5.66 Å². The van der Waals surface area contributed by atoms with Gasteiger partial charge in [-0.05, 0) is 80.5 Å². The van der Waals surface area contributed by atoms with E-state index in [4.69, 9.17) is 0 Å². The molecule has 3 aliphatic rings. The van der Waals surface area contributed by atoms with Gasteiger partial charge in [0.2, 0.25) is 0 Å². The van der Waals surface area contributed by atoms with Crippen molar-refractivity contribution in [1.82, 2.24) is 0 Å². The first-order valence-electron chi connectivity index (χ1n) is 15.3. The Labute approximate surface area is 246 Å². The van der Waals surface area contributed by atoms with Gasteiger partial charge in [-0.1, -0.05) is 132 Å². The van der Waals surface area contributed by atoms with Gasteiger partial charge < -0.3 is 4.57 Å². The Morgan fingerprint density at radius 3 is 1.93 bits per heavy atom. The second-order valence-corrected chi connectivity index (χ2v) is 16.8. The molecular formula is C38H38OP2. The minimum Gasteiger partial charge on any atom is -0.313 e. The van der Waals surface area contributed by atoms with Crippen LogP contribution in [0.1, 0.15) is 56.1 Å². The monoisotopic (exact) mass is 572 g/mol. The summed E-state index contributed by atoms with van der Waals surface area (Å²) < 4.78 is 16.4. The van der Waals surface area contributed by atoms with Crippen LogP contribution in [0, 0.1) is 5.92 Å². The van der Waals surface area contributed by atoms with Crippen LogP contribution in [0.25, 0.3) is 5.31 Å². The fourth-order valence-electron chi connectivity index (χ4n) is 7.70. The van der Waals surface area contributed by atoms with E-state index in [1.807, 2.05) is 0 Å². The smallest absolute Gasteiger partial charge is 0.151 e. The van der Waals surface area contributed by atoms with Crippen LogP contribution in [-0.4, -0.2) is 5.66 Å². The number of benzene rings is 4. The highest BCUT2D eigenvalue weighted by Gasteiger charge is 2.55. The van der Waals surface area contributed by atoms with Gasteiger partial charge in [0.1, 0.15) is 0 Å². The van der Waals surface area contributed by atoms with Gasteiger partial charge in [0.05, 0.1) is 5.66 Å². The fourth-order valence-corrected chi connectivity index (χ4v) is 15.5. The molecule has 1 heterocycles. The molecular weight excluding hydrogens is 534 g/mol. The summed E-state index contributed by atoms with van der Waals surface area (Å²) in [6.45, 7) is 0. The van der Waals surface area contributed by atoms with Crippen LogP contribution in [0.5, 0.6) is 0 Å². The zero-order chi connectivity index (χ0) is 27.6. The first-order chi connectivity index (χ1) is 20.2. The van der Waals surface area contributed by atoms with E-state index < -0.39 is 15.1 Å². The summed E-state index contributed by atoms with van der Waals surface area (Å²) in [5, 5.41) is 5.24. The zero-order valence-electron chi connectivity index (χ0n) is 23.7. The molecule has 2 aliphatic carbocycles. The Bertz CT molecular complexity index is 1600. The highest BCUT2D eigenvalue weighted by Crippen LogP contribution is 2.77. The third-order valence-corrected chi connectivity index (χ3v) is 16.1. The average molecular weight is 573 g/mol. The summed E-state index contributed by atoms with van der Waals surface area (Å²) in [6, 6.07) is 43.6. The molecule has 0 radical (unpaired) electrons. The van der Waals surface area contributed by atoms with Crippen molar-refractivity contribution in [2.45, 2.75) is 56.8 Å². The van der Waals surface area contributed by atoms with Gasteiger partial charge in [0, 0.05) is 16.8 Å². The number of fused-ring (bicyclic) bond motifs is 1. The number of hydrogen-bond donors (Lipinski definition) is 0. The third-order valence-electron chi connectivity index (χ3n) is 9.40. The van der Waals surface area contributed by atoms with E-state index in [9.17, 15) is 0 Å². The highest BCUT2D eigenvalue weighted by molar-refractivity contribution is 7.83. The minimum atomic E-state index is -2.99. The van der Waals surface area contributed by atoms with Gasteiger partial charge in [-0.25, -0.2) is 0 Å². The van der Waals surface area contributed by atoms with Crippen molar-refractivity contribution in [3.05, 3.63) is 149 Å². The molecule has 0 aromatic heterocycles. The van der Waals surface area contributed by atoms with E-state index in [2.05, 4.69) is 121 Å². The second-order valence-electron chi connectivity index (χ2n) is 11.8. The van der Waals surface area contributed by atoms with Gasteiger partial charge in [-0.3, -0.25) is 0 Å². The molecule has 0 saturated heterocycles. The van der Waals surface area contributed by atoms with Crippen molar-refractivity contribution in [1.29, 1.82) is 0 Å². The van der Waals surface area contributed by atoms with E-state index in [0.717, 1.165) is 37.1 Å². The molecule has 4 aromatic carbocycles. The molecule has 0 amide bonds. The topological polar surface area (TPSA) is 17.1 Å². The molecule has 4 unspecified atom stereocenters. The Balaban J connectivity index is 1.49. The van der Waals surface area contributed by atoms with Gasteiger partial charge in [-0.2, -0.15) is 0 Å². The molecule has 1 nitrogen and oxygen atoms in total. The molecule has 41 heavy (non-hydrogen) atoms. The van der Waals surface area contributed by atoms with Gasteiger partial charge in [-0.15, -0.1) is 0 Å². The third kappa shape index (κ3) is 4.92. The van der Waals surface area contributed by atoms with Crippen LogP contribution in [0.4, 0.5) is 0 Å². The molecule has 0 bridgehead atoms. The van der Waals surface area contributed by atoms with Gasteiger partial charge in [0.15, 0.2) is 7.14 Å². The summed E-state index contributed by atoms with van der Waals surface area (Å²) in [4.78, 5) is 0. The standard InChI is InChI=1S/C38H38OP2/c39-41(33-24-11-4-12-25-33)37(31-20-7-2-8-21-31)34-26-15-27-35(34)38(41)36(30-18-13-14-19-30)40(32-22-9-3-10-23-32)28-29-16-5-1-6-17-29/h1-12,16-17,20-25,35,38H,13-15,18-19,26-28H2. The molecule has 7 rings (SSSR count). The maximum Gasteiger partial charge on any atom is 0.151 e. The highest BCUT2D eigenvalue weighted by atomic mass is 31.2. The molecule has 0 spiro atoms. The Morgan fingerprint density at radius 1 is 0.683 bits per heavy atom. The summed E-state index contributed by atoms with van der Waals surface area (Å²) in [5.74, 6) is 0.365. The first-order valence-corrected chi connectivity index (χ1v) is 18.6. The second kappa shape index (κ2) is 11.7.